The minimum absolute atomic E-state index is 0.0345. The van der Waals surface area contributed by atoms with Crippen LogP contribution in [0.15, 0.2) is 18.2 Å². The molecule has 0 heterocycles. The zero-order valence-electron chi connectivity index (χ0n) is 9.47. The standard InChI is InChI=1S/C10H11F2NO5/c1-16-9-6-7(2-3-8(9)13(14)15)17-4-5-18-10(11)12/h2-3,6,10H,4-5H2,1H3. The highest BCUT2D eigenvalue weighted by atomic mass is 19.3. The number of rotatable bonds is 7. The Morgan fingerprint density at radius 2 is 2.11 bits per heavy atom. The molecule has 8 heteroatoms. The summed E-state index contributed by atoms with van der Waals surface area (Å²) in [6.07, 6.45) is 0. The van der Waals surface area contributed by atoms with E-state index >= 15 is 0 Å². The molecule has 0 unspecified atom stereocenters. The van der Waals surface area contributed by atoms with Crippen molar-refractivity contribution in [1.29, 1.82) is 0 Å². The number of nitro benzene ring substituents is 1. The van der Waals surface area contributed by atoms with Gasteiger partial charge in [0.15, 0.2) is 0 Å². The summed E-state index contributed by atoms with van der Waals surface area (Å²) in [5.74, 6) is 0.308. The number of methoxy groups -OCH3 is 1. The zero-order chi connectivity index (χ0) is 13.5. The van der Waals surface area contributed by atoms with Crippen molar-refractivity contribution in [3.8, 4) is 11.5 Å². The monoisotopic (exact) mass is 263 g/mol. The highest BCUT2D eigenvalue weighted by molar-refractivity contribution is 5.50. The van der Waals surface area contributed by atoms with Crippen LogP contribution in [0, 0.1) is 10.1 Å². The highest BCUT2D eigenvalue weighted by Crippen LogP contribution is 2.30. The van der Waals surface area contributed by atoms with Crippen LogP contribution in [-0.4, -0.2) is 31.9 Å². The Labute approximate surface area is 101 Å². The number of nitro groups is 1. The van der Waals surface area contributed by atoms with E-state index in [9.17, 15) is 18.9 Å². The van der Waals surface area contributed by atoms with E-state index < -0.39 is 11.5 Å². The van der Waals surface area contributed by atoms with Crippen molar-refractivity contribution in [3.63, 3.8) is 0 Å². The number of alkyl halides is 2. The fourth-order valence-corrected chi connectivity index (χ4v) is 1.20. The Morgan fingerprint density at radius 3 is 2.67 bits per heavy atom. The number of hydrogen-bond acceptors (Lipinski definition) is 5. The van der Waals surface area contributed by atoms with Crippen LogP contribution in [-0.2, 0) is 4.74 Å². The Hall–Kier alpha value is -1.96. The Morgan fingerprint density at radius 1 is 1.39 bits per heavy atom. The van der Waals surface area contributed by atoms with Gasteiger partial charge in [-0.15, -0.1) is 0 Å². The summed E-state index contributed by atoms with van der Waals surface area (Å²) in [7, 11) is 1.28. The third kappa shape index (κ3) is 4.13. The SMILES string of the molecule is COc1cc(OCCOC(F)F)ccc1[N+](=O)[O-]. The first-order valence-corrected chi connectivity index (χ1v) is 4.89. The van der Waals surface area contributed by atoms with Gasteiger partial charge in [-0.2, -0.15) is 8.78 Å². The van der Waals surface area contributed by atoms with Crippen LogP contribution in [0.4, 0.5) is 14.5 Å². The van der Waals surface area contributed by atoms with E-state index in [1.54, 1.807) is 0 Å². The molecular formula is C10H11F2NO5. The summed E-state index contributed by atoms with van der Waals surface area (Å²) in [6.45, 7) is -3.22. The van der Waals surface area contributed by atoms with E-state index in [0.29, 0.717) is 0 Å². The summed E-state index contributed by atoms with van der Waals surface area (Å²) in [4.78, 5) is 10.0. The fourth-order valence-electron chi connectivity index (χ4n) is 1.20. The largest absolute Gasteiger partial charge is 0.491 e. The molecule has 0 radical (unpaired) electrons. The predicted molar refractivity (Wildman–Crippen MR) is 57.1 cm³/mol. The number of nitrogens with zero attached hydrogens (tertiary/aromatic N) is 1. The molecule has 0 atom stereocenters. The molecular weight excluding hydrogens is 252 g/mol. The molecule has 100 valence electrons. The van der Waals surface area contributed by atoms with Gasteiger partial charge in [0.05, 0.1) is 18.6 Å². The molecule has 6 nitrogen and oxygen atoms in total. The molecule has 1 aromatic carbocycles. The average molecular weight is 263 g/mol. The van der Waals surface area contributed by atoms with E-state index in [1.807, 2.05) is 0 Å². The molecule has 0 saturated heterocycles. The average Bonchev–Trinajstić information content (AvgIpc) is 2.33. The third-order valence-electron chi connectivity index (χ3n) is 1.94. The maximum Gasteiger partial charge on any atom is 0.345 e. The first-order chi connectivity index (χ1) is 8.54. The van der Waals surface area contributed by atoms with Crippen molar-refractivity contribution in [3.05, 3.63) is 28.3 Å². The first-order valence-electron chi connectivity index (χ1n) is 4.89. The number of halogens is 2. The van der Waals surface area contributed by atoms with Gasteiger partial charge in [-0.25, -0.2) is 0 Å². The van der Waals surface area contributed by atoms with E-state index in [0.717, 1.165) is 0 Å². The van der Waals surface area contributed by atoms with Crippen LogP contribution < -0.4 is 9.47 Å². The van der Waals surface area contributed by atoms with E-state index in [4.69, 9.17) is 9.47 Å². The van der Waals surface area contributed by atoms with Crippen LogP contribution in [0.25, 0.3) is 0 Å². The lowest BCUT2D eigenvalue weighted by molar-refractivity contribution is -0.385. The lowest BCUT2D eigenvalue weighted by Gasteiger charge is -2.08. The third-order valence-corrected chi connectivity index (χ3v) is 1.94. The number of hydrogen-bond donors (Lipinski definition) is 0. The highest BCUT2D eigenvalue weighted by Gasteiger charge is 2.15. The molecule has 0 aliphatic heterocycles. The molecule has 1 aromatic rings. The molecule has 0 fully saturated rings. The molecule has 1 rings (SSSR count). The minimum Gasteiger partial charge on any atom is -0.491 e. The molecule has 0 N–H and O–H groups in total. The topological polar surface area (TPSA) is 70.8 Å². The summed E-state index contributed by atoms with van der Waals surface area (Å²) in [5, 5.41) is 10.6. The molecule has 0 aliphatic carbocycles. The van der Waals surface area contributed by atoms with Crippen LogP contribution in [0.1, 0.15) is 0 Å². The summed E-state index contributed by atoms with van der Waals surface area (Å²) in [5.41, 5.74) is -0.200. The Kier molecular flexibility index (Phi) is 5.25. The fraction of sp³-hybridized carbons (Fsp3) is 0.400. The van der Waals surface area contributed by atoms with Crippen molar-refractivity contribution in [2.45, 2.75) is 6.61 Å². The van der Waals surface area contributed by atoms with Gasteiger partial charge in [0.1, 0.15) is 12.4 Å². The van der Waals surface area contributed by atoms with Crippen molar-refractivity contribution in [1.82, 2.24) is 0 Å². The summed E-state index contributed by atoms with van der Waals surface area (Å²) >= 11 is 0. The van der Waals surface area contributed by atoms with Gasteiger partial charge < -0.3 is 14.2 Å². The van der Waals surface area contributed by atoms with E-state index in [2.05, 4.69) is 4.74 Å². The second-order valence-electron chi connectivity index (χ2n) is 3.07. The van der Waals surface area contributed by atoms with Crippen molar-refractivity contribution >= 4 is 5.69 Å². The minimum atomic E-state index is -2.85. The van der Waals surface area contributed by atoms with Crippen LogP contribution in [0.5, 0.6) is 11.5 Å². The summed E-state index contributed by atoms with van der Waals surface area (Å²) < 4.78 is 37.2. The van der Waals surface area contributed by atoms with Gasteiger partial charge in [0.2, 0.25) is 5.75 Å². The van der Waals surface area contributed by atoms with E-state index in [1.165, 1.54) is 25.3 Å². The van der Waals surface area contributed by atoms with Crippen LogP contribution in [0.3, 0.4) is 0 Å². The van der Waals surface area contributed by atoms with Gasteiger partial charge >= 0.3 is 12.3 Å². The maximum absolute atomic E-state index is 11.6. The van der Waals surface area contributed by atoms with E-state index in [-0.39, 0.29) is 30.4 Å². The number of ether oxygens (including phenoxy) is 3. The molecule has 0 spiro atoms. The quantitative estimate of drug-likeness (QED) is 0.428. The first kappa shape index (κ1) is 14.1. The lowest BCUT2D eigenvalue weighted by Crippen LogP contribution is -2.09. The predicted octanol–water partition coefficient (Wildman–Crippen LogP) is 2.22. The van der Waals surface area contributed by atoms with Gasteiger partial charge in [0, 0.05) is 12.1 Å². The van der Waals surface area contributed by atoms with Crippen molar-refractivity contribution in [2.75, 3.05) is 20.3 Å². The summed E-state index contributed by atoms with van der Waals surface area (Å²) in [6, 6.07) is 3.87. The molecule has 18 heavy (non-hydrogen) atoms. The van der Waals surface area contributed by atoms with Gasteiger partial charge in [-0.1, -0.05) is 0 Å². The smallest absolute Gasteiger partial charge is 0.345 e. The molecule has 0 amide bonds. The molecule has 0 aliphatic rings. The van der Waals surface area contributed by atoms with Crippen molar-refractivity contribution < 1.29 is 27.9 Å². The second-order valence-corrected chi connectivity index (χ2v) is 3.07. The van der Waals surface area contributed by atoms with Crippen LogP contribution in [0.2, 0.25) is 0 Å². The van der Waals surface area contributed by atoms with Gasteiger partial charge in [-0.3, -0.25) is 10.1 Å². The lowest BCUT2D eigenvalue weighted by atomic mass is 10.3. The van der Waals surface area contributed by atoms with Gasteiger partial charge in [-0.05, 0) is 6.07 Å². The normalized spacial score (nSPS) is 10.4. The maximum atomic E-state index is 11.6. The van der Waals surface area contributed by atoms with Crippen molar-refractivity contribution in [2.24, 2.45) is 0 Å². The zero-order valence-corrected chi connectivity index (χ0v) is 9.47. The Bertz CT molecular complexity index is 413. The molecule has 0 aromatic heterocycles. The molecule has 0 bridgehead atoms. The molecule has 0 saturated carbocycles. The van der Waals surface area contributed by atoms with Gasteiger partial charge in [0.25, 0.3) is 0 Å². The number of benzene rings is 1. The Balaban J connectivity index is 2.60. The second kappa shape index (κ2) is 6.70. The van der Waals surface area contributed by atoms with Crippen LogP contribution >= 0.6 is 0 Å².